The average Bonchev–Trinajstić information content (AvgIpc) is 2.28. The first-order valence-electron chi connectivity index (χ1n) is 5.27. The predicted molar refractivity (Wildman–Crippen MR) is 65.5 cm³/mol. The van der Waals surface area contributed by atoms with E-state index in [0.29, 0.717) is 19.8 Å². The molecule has 0 aliphatic rings. The molecule has 0 saturated heterocycles. The lowest BCUT2D eigenvalue weighted by atomic mass is 10.4. The maximum Gasteiger partial charge on any atom is 0.311 e. The number of pyridine rings is 1. The summed E-state index contributed by atoms with van der Waals surface area (Å²) in [6, 6.07) is 2.71. The molecule has 6 nitrogen and oxygen atoms in total. The summed E-state index contributed by atoms with van der Waals surface area (Å²) in [5.41, 5.74) is -0.0927. The summed E-state index contributed by atoms with van der Waals surface area (Å²) in [5.74, 6) is 0.169. The van der Waals surface area contributed by atoms with Crippen LogP contribution in [0.1, 0.15) is 13.3 Å². The van der Waals surface area contributed by atoms with Crippen molar-refractivity contribution in [2.75, 3.05) is 25.1 Å². The second-order valence-electron chi connectivity index (χ2n) is 3.30. The third-order valence-electron chi connectivity index (χ3n) is 1.92. The lowest BCUT2D eigenvalue weighted by molar-refractivity contribution is -0.384. The van der Waals surface area contributed by atoms with Gasteiger partial charge < -0.3 is 10.1 Å². The molecule has 0 bridgehead atoms. The van der Waals surface area contributed by atoms with Crippen LogP contribution in [0.25, 0.3) is 0 Å². The van der Waals surface area contributed by atoms with Crippen molar-refractivity contribution < 1.29 is 9.66 Å². The normalized spacial score (nSPS) is 10.2. The third-order valence-corrected chi connectivity index (χ3v) is 2.13. The van der Waals surface area contributed by atoms with Gasteiger partial charge in [-0.05, 0) is 12.5 Å². The van der Waals surface area contributed by atoms with E-state index >= 15 is 0 Å². The van der Waals surface area contributed by atoms with Gasteiger partial charge in [0.25, 0.3) is 0 Å². The molecule has 0 aliphatic carbocycles. The molecule has 0 spiro atoms. The van der Waals surface area contributed by atoms with Crippen molar-refractivity contribution in [3.63, 3.8) is 0 Å². The summed E-state index contributed by atoms with van der Waals surface area (Å²) >= 11 is 5.68. The molecule has 1 heterocycles. The molecule has 0 amide bonds. The Morgan fingerprint density at radius 1 is 1.53 bits per heavy atom. The van der Waals surface area contributed by atoms with E-state index in [1.165, 1.54) is 12.1 Å². The van der Waals surface area contributed by atoms with E-state index in [-0.39, 0.29) is 16.7 Å². The van der Waals surface area contributed by atoms with Gasteiger partial charge in [-0.3, -0.25) is 10.1 Å². The minimum Gasteiger partial charge on any atom is -0.380 e. The lowest BCUT2D eigenvalue weighted by Crippen LogP contribution is -2.12. The summed E-state index contributed by atoms with van der Waals surface area (Å²) in [6.07, 6.45) is 0.940. The van der Waals surface area contributed by atoms with E-state index in [2.05, 4.69) is 10.3 Å². The molecule has 7 heteroatoms. The fourth-order valence-electron chi connectivity index (χ4n) is 1.19. The fraction of sp³-hybridized carbons (Fsp3) is 0.500. The second-order valence-corrected chi connectivity index (χ2v) is 3.69. The molecule has 1 aromatic heterocycles. The van der Waals surface area contributed by atoms with Gasteiger partial charge >= 0.3 is 5.69 Å². The number of hydrogen-bond acceptors (Lipinski definition) is 5. The molecular weight excluding hydrogens is 246 g/mol. The molecule has 1 aromatic rings. The number of nitrogens with zero attached hydrogens (tertiary/aromatic N) is 2. The Balaban J connectivity index is 2.56. The maximum atomic E-state index is 10.7. The first kappa shape index (κ1) is 13.7. The highest BCUT2D eigenvalue weighted by Crippen LogP contribution is 2.23. The molecule has 1 N–H and O–H groups in total. The molecule has 0 aliphatic heterocycles. The van der Waals surface area contributed by atoms with Gasteiger partial charge in [-0.15, -0.1) is 0 Å². The molecule has 0 unspecified atom stereocenters. The molecule has 0 aromatic carbocycles. The number of ether oxygens (including phenoxy) is 1. The van der Waals surface area contributed by atoms with Gasteiger partial charge in [-0.25, -0.2) is 4.98 Å². The smallest absolute Gasteiger partial charge is 0.311 e. The minimum atomic E-state index is -0.501. The monoisotopic (exact) mass is 259 g/mol. The van der Waals surface area contributed by atoms with Gasteiger partial charge in [-0.1, -0.05) is 18.5 Å². The van der Waals surface area contributed by atoms with Crippen LogP contribution in [0, 0.1) is 10.1 Å². The molecule has 0 radical (unpaired) electrons. The van der Waals surface area contributed by atoms with Crippen LogP contribution in [-0.4, -0.2) is 29.7 Å². The van der Waals surface area contributed by atoms with Crippen LogP contribution in [0.15, 0.2) is 12.1 Å². The van der Waals surface area contributed by atoms with Gasteiger partial charge in [0, 0.05) is 19.2 Å². The fourth-order valence-corrected chi connectivity index (χ4v) is 1.34. The summed E-state index contributed by atoms with van der Waals surface area (Å²) < 4.78 is 5.24. The van der Waals surface area contributed by atoms with Crippen LogP contribution in [0.4, 0.5) is 11.5 Å². The average molecular weight is 260 g/mol. The molecule has 0 atom stereocenters. The number of nitro groups is 1. The van der Waals surface area contributed by atoms with Crippen molar-refractivity contribution in [1.29, 1.82) is 0 Å². The summed E-state index contributed by atoms with van der Waals surface area (Å²) in [4.78, 5) is 14.1. The van der Waals surface area contributed by atoms with Crippen LogP contribution in [0.2, 0.25) is 5.15 Å². The van der Waals surface area contributed by atoms with Crippen LogP contribution < -0.4 is 5.32 Å². The number of nitrogens with one attached hydrogen (secondary N) is 1. The number of halogens is 1. The Bertz CT molecular complexity index is 387. The zero-order chi connectivity index (χ0) is 12.7. The van der Waals surface area contributed by atoms with Gasteiger partial charge in [0.2, 0.25) is 5.82 Å². The van der Waals surface area contributed by atoms with Crippen molar-refractivity contribution >= 4 is 23.1 Å². The van der Waals surface area contributed by atoms with Crippen LogP contribution >= 0.6 is 11.6 Å². The molecule has 94 valence electrons. The Kier molecular flexibility index (Phi) is 5.65. The van der Waals surface area contributed by atoms with E-state index in [1.807, 2.05) is 6.92 Å². The van der Waals surface area contributed by atoms with Crippen LogP contribution in [-0.2, 0) is 4.74 Å². The maximum absolute atomic E-state index is 10.7. The van der Waals surface area contributed by atoms with Crippen molar-refractivity contribution in [3.05, 3.63) is 27.4 Å². The van der Waals surface area contributed by atoms with Crippen molar-refractivity contribution in [3.8, 4) is 0 Å². The van der Waals surface area contributed by atoms with Crippen LogP contribution in [0.5, 0.6) is 0 Å². The van der Waals surface area contributed by atoms with E-state index < -0.39 is 4.92 Å². The predicted octanol–water partition coefficient (Wildman–Crippen LogP) is 2.48. The van der Waals surface area contributed by atoms with E-state index in [0.717, 1.165) is 6.42 Å². The zero-order valence-corrected chi connectivity index (χ0v) is 10.2. The summed E-state index contributed by atoms with van der Waals surface area (Å²) in [7, 11) is 0. The van der Waals surface area contributed by atoms with E-state index in [9.17, 15) is 10.1 Å². The van der Waals surface area contributed by atoms with Gasteiger partial charge in [0.15, 0.2) is 0 Å². The highest BCUT2D eigenvalue weighted by Gasteiger charge is 2.14. The first-order valence-corrected chi connectivity index (χ1v) is 5.65. The van der Waals surface area contributed by atoms with Crippen molar-refractivity contribution in [1.82, 2.24) is 4.98 Å². The molecule has 0 fully saturated rings. The molecule has 17 heavy (non-hydrogen) atoms. The van der Waals surface area contributed by atoms with Gasteiger partial charge in [-0.2, -0.15) is 0 Å². The Labute approximate surface area is 104 Å². The van der Waals surface area contributed by atoms with Crippen molar-refractivity contribution in [2.24, 2.45) is 0 Å². The zero-order valence-electron chi connectivity index (χ0n) is 9.48. The number of anilines is 1. The number of aromatic nitrogens is 1. The first-order chi connectivity index (χ1) is 8.15. The Morgan fingerprint density at radius 2 is 2.29 bits per heavy atom. The van der Waals surface area contributed by atoms with E-state index in [4.69, 9.17) is 16.3 Å². The number of rotatable bonds is 7. The SMILES string of the molecule is CCCOCCNc1nc(Cl)ccc1[N+](=O)[O-]. The summed E-state index contributed by atoms with van der Waals surface area (Å²) in [5, 5.41) is 13.8. The van der Waals surface area contributed by atoms with E-state index in [1.54, 1.807) is 0 Å². The third kappa shape index (κ3) is 4.54. The minimum absolute atomic E-state index is 0.0927. The van der Waals surface area contributed by atoms with Crippen LogP contribution in [0.3, 0.4) is 0 Å². The standard InChI is InChI=1S/C10H14ClN3O3/c1-2-6-17-7-5-12-10-8(14(15)16)3-4-9(11)13-10/h3-4H,2,5-7H2,1H3,(H,12,13). The largest absolute Gasteiger partial charge is 0.380 e. The highest BCUT2D eigenvalue weighted by molar-refractivity contribution is 6.29. The Morgan fingerprint density at radius 3 is 2.94 bits per heavy atom. The molecule has 0 saturated carbocycles. The van der Waals surface area contributed by atoms with Crippen molar-refractivity contribution in [2.45, 2.75) is 13.3 Å². The summed E-state index contributed by atoms with van der Waals surface area (Å²) in [6.45, 7) is 3.61. The van der Waals surface area contributed by atoms with Gasteiger partial charge in [0.05, 0.1) is 11.5 Å². The number of hydrogen-bond donors (Lipinski definition) is 1. The highest BCUT2D eigenvalue weighted by atomic mass is 35.5. The quantitative estimate of drug-likeness (QED) is 0.352. The second kappa shape index (κ2) is 7.03. The lowest BCUT2D eigenvalue weighted by Gasteiger charge is -2.06. The Hall–Kier alpha value is -1.40. The molecular formula is C10H14ClN3O3. The topological polar surface area (TPSA) is 77.3 Å². The van der Waals surface area contributed by atoms with Gasteiger partial charge in [0.1, 0.15) is 5.15 Å². The molecule has 1 rings (SSSR count).